The molecule has 88 valence electrons. The summed E-state index contributed by atoms with van der Waals surface area (Å²) in [7, 11) is 0. The molecule has 17 heavy (non-hydrogen) atoms. The zero-order valence-corrected chi connectivity index (χ0v) is 9.04. The molecule has 6 heteroatoms. The number of amides is 1. The van der Waals surface area contributed by atoms with E-state index in [1.54, 1.807) is 6.08 Å². The van der Waals surface area contributed by atoms with E-state index in [9.17, 15) is 9.59 Å². The van der Waals surface area contributed by atoms with E-state index in [0.29, 0.717) is 18.8 Å². The average molecular weight is 233 g/mol. The summed E-state index contributed by atoms with van der Waals surface area (Å²) in [6.07, 6.45) is 4.59. The SMILES string of the molecule is C=CC1CC(=O)N(c2cnc(C(=O)O)cn2)C1. The van der Waals surface area contributed by atoms with Gasteiger partial charge in [0, 0.05) is 18.9 Å². The number of carbonyl (C=O) groups is 2. The fourth-order valence-corrected chi connectivity index (χ4v) is 1.69. The summed E-state index contributed by atoms with van der Waals surface area (Å²) in [6, 6.07) is 0. The van der Waals surface area contributed by atoms with Crippen molar-refractivity contribution in [2.45, 2.75) is 6.42 Å². The van der Waals surface area contributed by atoms with Gasteiger partial charge in [0.15, 0.2) is 11.5 Å². The van der Waals surface area contributed by atoms with Crippen LogP contribution in [0.3, 0.4) is 0 Å². The number of nitrogens with zero attached hydrogens (tertiary/aromatic N) is 3. The fourth-order valence-electron chi connectivity index (χ4n) is 1.69. The van der Waals surface area contributed by atoms with E-state index in [-0.39, 0.29) is 17.5 Å². The van der Waals surface area contributed by atoms with E-state index in [4.69, 9.17) is 5.11 Å². The smallest absolute Gasteiger partial charge is 0.356 e. The molecule has 0 radical (unpaired) electrons. The molecule has 1 aliphatic rings. The van der Waals surface area contributed by atoms with Crippen LogP contribution in [0.5, 0.6) is 0 Å². The van der Waals surface area contributed by atoms with Gasteiger partial charge in [-0.3, -0.25) is 9.69 Å². The third-order valence-electron chi connectivity index (χ3n) is 2.62. The monoisotopic (exact) mass is 233 g/mol. The van der Waals surface area contributed by atoms with Crippen LogP contribution in [0.4, 0.5) is 5.82 Å². The second-order valence-electron chi connectivity index (χ2n) is 3.77. The summed E-state index contributed by atoms with van der Waals surface area (Å²) >= 11 is 0. The van der Waals surface area contributed by atoms with Crippen LogP contribution in [0.15, 0.2) is 25.0 Å². The van der Waals surface area contributed by atoms with Crippen LogP contribution in [-0.2, 0) is 4.79 Å². The molecule has 0 saturated carbocycles. The Bertz CT molecular complexity index is 469. The lowest BCUT2D eigenvalue weighted by Gasteiger charge is -2.14. The minimum Gasteiger partial charge on any atom is -0.476 e. The molecular weight excluding hydrogens is 222 g/mol. The number of carboxylic acids is 1. The number of aromatic nitrogens is 2. The van der Waals surface area contributed by atoms with Crippen LogP contribution in [0, 0.1) is 5.92 Å². The molecular formula is C11H11N3O3. The Morgan fingerprint density at radius 2 is 2.29 bits per heavy atom. The maximum atomic E-state index is 11.7. The van der Waals surface area contributed by atoms with Crippen molar-refractivity contribution in [2.75, 3.05) is 11.4 Å². The van der Waals surface area contributed by atoms with Gasteiger partial charge in [-0.15, -0.1) is 6.58 Å². The van der Waals surface area contributed by atoms with Crippen LogP contribution in [-0.4, -0.2) is 33.5 Å². The van der Waals surface area contributed by atoms with Crippen molar-refractivity contribution >= 4 is 17.7 Å². The standard InChI is InChI=1S/C11H11N3O3/c1-2-7-3-10(15)14(6-7)9-5-12-8(4-13-9)11(16)17/h2,4-5,7H,1,3,6H2,(H,16,17). The van der Waals surface area contributed by atoms with Crippen molar-refractivity contribution in [3.8, 4) is 0 Å². The van der Waals surface area contributed by atoms with Crippen molar-refractivity contribution in [1.82, 2.24) is 9.97 Å². The molecule has 6 nitrogen and oxygen atoms in total. The lowest BCUT2D eigenvalue weighted by Crippen LogP contribution is -2.25. The number of rotatable bonds is 3. The van der Waals surface area contributed by atoms with E-state index in [0.717, 1.165) is 6.20 Å². The van der Waals surface area contributed by atoms with E-state index < -0.39 is 5.97 Å². The van der Waals surface area contributed by atoms with Gasteiger partial charge in [-0.25, -0.2) is 14.8 Å². The predicted molar refractivity (Wildman–Crippen MR) is 59.6 cm³/mol. The molecule has 1 aromatic rings. The Balaban J connectivity index is 2.20. The minimum absolute atomic E-state index is 0.0488. The Morgan fingerprint density at radius 1 is 1.53 bits per heavy atom. The molecule has 1 N–H and O–H groups in total. The first-order valence-electron chi connectivity index (χ1n) is 5.10. The molecule has 0 bridgehead atoms. The van der Waals surface area contributed by atoms with Gasteiger partial charge in [0.1, 0.15) is 0 Å². The summed E-state index contributed by atoms with van der Waals surface area (Å²) in [5.74, 6) is -0.694. The van der Waals surface area contributed by atoms with Crippen molar-refractivity contribution in [1.29, 1.82) is 0 Å². The highest BCUT2D eigenvalue weighted by Gasteiger charge is 2.29. The predicted octanol–water partition coefficient (Wildman–Crippen LogP) is 0.714. The van der Waals surface area contributed by atoms with Crippen LogP contribution < -0.4 is 4.90 Å². The van der Waals surface area contributed by atoms with Crippen LogP contribution >= 0.6 is 0 Å². The maximum Gasteiger partial charge on any atom is 0.356 e. The minimum atomic E-state index is -1.14. The summed E-state index contributed by atoms with van der Waals surface area (Å²) in [5, 5.41) is 8.68. The van der Waals surface area contributed by atoms with Gasteiger partial charge in [-0.1, -0.05) is 6.08 Å². The summed E-state index contributed by atoms with van der Waals surface area (Å²) < 4.78 is 0. The molecule has 1 amide bonds. The summed E-state index contributed by atoms with van der Waals surface area (Å²) in [6.45, 7) is 4.17. The zero-order chi connectivity index (χ0) is 12.4. The Morgan fingerprint density at radius 3 is 2.76 bits per heavy atom. The van der Waals surface area contributed by atoms with Gasteiger partial charge >= 0.3 is 5.97 Å². The van der Waals surface area contributed by atoms with Crippen molar-refractivity contribution in [3.63, 3.8) is 0 Å². The molecule has 0 aromatic carbocycles. The molecule has 2 rings (SSSR count). The van der Waals surface area contributed by atoms with Gasteiger partial charge in [-0.2, -0.15) is 0 Å². The Hall–Kier alpha value is -2.24. The number of hydrogen-bond donors (Lipinski definition) is 1. The normalized spacial score (nSPS) is 19.4. The highest BCUT2D eigenvalue weighted by Crippen LogP contribution is 2.23. The molecule has 1 unspecified atom stereocenters. The Kier molecular flexibility index (Phi) is 2.86. The lowest BCUT2D eigenvalue weighted by molar-refractivity contribution is -0.117. The molecule has 1 saturated heterocycles. The molecule has 0 spiro atoms. The molecule has 2 heterocycles. The molecule has 1 atom stereocenters. The largest absolute Gasteiger partial charge is 0.476 e. The number of hydrogen-bond acceptors (Lipinski definition) is 4. The average Bonchev–Trinajstić information content (AvgIpc) is 2.71. The first kappa shape index (κ1) is 11.3. The lowest BCUT2D eigenvalue weighted by atomic mass is 10.1. The van der Waals surface area contributed by atoms with Gasteiger partial charge in [0.05, 0.1) is 12.4 Å². The molecule has 1 aliphatic heterocycles. The van der Waals surface area contributed by atoms with Gasteiger partial charge in [0.2, 0.25) is 5.91 Å². The number of aromatic carboxylic acids is 1. The second-order valence-corrected chi connectivity index (χ2v) is 3.77. The molecule has 1 aromatic heterocycles. The summed E-state index contributed by atoms with van der Waals surface area (Å²) in [5.41, 5.74) is -0.138. The number of carboxylic acid groups (broad SMARTS) is 1. The van der Waals surface area contributed by atoms with Crippen molar-refractivity contribution in [3.05, 3.63) is 30.7 Å². The van der Waals surface area contributed by atoms with E-state index in [2.05, 4.69) is 16.5 Å². The first-order chi connectivity index (χ1) is 8.11. The highest BCUT2D eigenvalue weighted by molar-refractivity contribution is 5.95. The van der Waals surface area contributed by atoms with Crippen LogP contribution in [0.25, 0.3) is 0 Å². The van der Waals surface area contributed by atoms with Crippen molar-refractivity contribution in [2.24, 2.45) is 5.92 Å². The maximum absolute atomic E-state index is 11.7. The Labute approximate surface area is 97.6 Å². The number of anilines is 1. The van der Waals surface area contributed by atoms with E-state index in [1.165, 1.54) is 11.1 Å². The van der Waals surface area contributed by atoms with Gasteiger partial charge in [-0.05, 0) is 0 Å². The van der Waals surface area contributed by atoms with E-state index >= 15 is 0 Å². The highest BCUT2D eigenvalue weighted by atomic mass is 16.4. The quantitative estimate of drug-likeness (QED) is 0.777. The number of carbonyl (C=O) groups excluding carboxylic acids is 1. The second kappa shape index (κ2) is 4.32. The topological polar surface area (TPSA) is 83.4 Å². The van der Waals surface area contributed by atoms with Gasteiger partial charge in [0.25, 0.3) is 0 Å². The molecule has 1 fully saturated rings. The fraction of sp³-hybridized carbons (Fsp3) is 0.273. The molecule has 0 aliphatic carbocycles. The van der Waals surface area contributed by atoms with Crippen LogP contribution in [0.2, 0.25) is 0 Å². The zero-order valence-electron chi connectivity index (χ0n) is 9.04. The van der Waals surface area contributed by atoms with Crippen LogP contribution in [0.1, 0.15) is 16.9 Å². The summed E-state index contributed by atoms with van der Waals surface area (Å²) in [4.78, 5) is 31.4. The third-order valence-corrected chi connectivity index (χ3v) is 2.62. The van der Waals surface area contributed by atoms with E-state index in [1.807, 2.05) is 0 Å². The van der Waals surface area contributed by atoms with Crippen molar-refractivity contribution < 1.29 is 14.7 Å². The first-order valence-corrected chi connectivity index (χ1v) is 5.10. The van der Waals surface area contributed by atoms with Gasteiger partial charge < -0.3 is 5.11 Å². The third kappa shape index (κ3) is 2.15.